The van der Waals surface area contributed by atoms with E-state index in [-0.39, 0.29) is 12.1 Å². The molecule has 1 aliphatic rings. The molecule has 1 heterocycles. The largest absolute Gasteiger partial charge is 0.394 e. The number of aliphatic hydroxyl groups excluding tert-OH is 1. The van der Waals surface area contributed by atoms with E-state index in [1.807, 2.05) is 12.3 Å². The zero-order valence-electron chi connectivity index (χ0n) is 7.83. The second kappa shape index (κ2) is 3.96. The average Bonchev–Trinajstić information content (AvgIpc) is 2.96. The molecule has 0 saturated heterocycles. The number of aliphatic hydroxyl groups is 1. The van der Waals surface area contributed by atoms with E-state index in [0.717, 1.165) is 29.4 Å². The van der Waals surface area contributed by atoms with Gasteiger partial charge in [0.15, 0.2) is 0 Å². The molecule has 0 bridgehead atoms. The maximum absolute atomic E-state index is 9.10. The molecular weight excluding hydrogens is 244 g/mol. The lowest BCUT2D eigenvalue weighted by Gasteiger charge is -2.13. The predicted octanol–water partition coefficient (Wildman–Crippen LogP) is 1.46. The number of nitrogens with zero attached hydrogens (tertiary/aromatic N) is 1. The number of pyridine rings is 1. The SMILES string of the molecule is OCC1(NCc2cncc(Br)c2)CC1. The Bertz CT molecular complexity index is 326. The molecular formula is C10H13BrN2O. The fourth-order valence-corrected chi connectivity index (χ4v) is 1.80. The van der Waals surface area contributed by atoms with E-state index >= 15 is 0 Å². The van der Waals surface area contributed by atoms with Crippen LogP contribution in [0.1, 0.15) is 18.4 Å². The summed E-state index contributed by atoms with van der Waals surface area (Å²) in [6.07, 6.45) is 5.75. The van der Waals surface area contributed by atoms with Gasteiger partial charge < -0.3 is 10.4 Å². The van der Waals surface area contributed by atoms with Gasteiger partial charge in [0.1, 0.15) is 0 Å². The highest BCUT2D eigenvalue weighted by atomic mass is 79.9. The van der Waals surface area contributed by atoms with Gasteiger partial charge in [-0.3, -0.25) is 4.98 Å². The van der Waals surface area contributed by atoms with Gasteiger partial charge in [-0.25, -0.2) is 0 Å². The first-order valence-corrected chi connectivity index (χ1v) is 5.49. The van der Waals surface area contributed by atoms with Crippen LogP contribution in [0.3, 0.4) is 0 Å². The summed E-state index contributed by atoms with van der Waals surface area (Å²) in [5, 5.41) is 12.5. The first-order valence-electron chi connectivity index (χ1n) is 4.69. The number of rotatable bonds is 4. The lowest BCUT2D eigenvalue weighted by molar-refractivity contribution is 0.229. The summed E-state index contributed by atoms with van der Waals surface area (Å²) in [5.41, 5.74) is 1.14. The molecule has 1 fully saturated rings. The fourth-order valence-electron chi connectivity index (χ4n) is 1.38. The normalized spacial score (nSPS) is 18.1. The van der Waals surface area contributed by atoms with Crippen molar-refractivity contribution in [2.45, 2.75) is 24.9 Å². The van der Waals surface area contributed by atoms with Gasteiger partial charge in [0.25, 0.3) is 0 Å². The Kier molecular flexibility index (Phi) is 2.85. The van der Waals surface area contributed by atoms with Crippen molar-refractivity contribution in [1.29, 1.82) is 0 Å². The van der Waals surface area contributed by atoms with Gasteiger partial charge in [-0.1, -0.05) is 0 Å². The highest BCUT2D eigenvalue weighted by Gasteiger charge is 2.41. The zero-order valence-corrected chi connectivity index (χ0v) is 9.42. The van der Waals surface area contributed by atoms with Gasteiger partial charge in [0, 0.05) is 29.0 Å². The molecule has 1 aromatic heterocycles. The molecule has 3 nitrogen and oxygen atoms in total. The van der Waals surface area contributed by atoms with Crippen molar-refractivity contribution < 1.29 is 5.11 Å². The third kappa shape index (κ3) is 2.32. The summed E-state index contributed by atoms with van der Waals surface area (Å²) < 4.78 is 0.991. The molecule has 14 heavy (non-hydrogen) atoms. The lowest BCUT2D eigenvalue weighted by atomic mass is 10.2. The Morgan fingerprint density at radius 2 is 2.29 bits per heavy atom. The molecule has 0 unspecified atom stereocenters. The monoisotopic (exact) mass is 256 g/mol. The second-order valence-corrected chi connectivity index (χ2v) is 4.72. The van der Waals surface area contributed by atoms with E-state index in [1.54, 1.807) is 6.20 Å². The summed E-state index contributed by atoms with van der Waals surface area (Å²) in [5.74, 6) is 0. The van der Waals surface area contributed by atoms with Crippen LogP contribution < -0.4 is 5.32 Å². The van der Waals surface area contributed by atoms with Crippen LogP contribution in [0.15, 0.2) is 22.9 Å². The summed E-state index contributed by atoms with van der Waals surface area (Å²) in [6, 6.07) is 2.04. The van der Waals surface area contributed by atoms with E-state index in [1.165, 1.54) is 0 Å². The van der Waals surface area contributed by atoms with Crippen molar-refractivity contribution in [1.82, 2.24) is 10.3 Å². The highest BCUT2D eigenvalue weighted by Crippen LogP contribution is 2.34. The quantitative estimate of drug-likeness (QED) is 0.858. The highest BCUT2D eigenvalue weighted by molar-refractivity contribution is 9.10. The average molecular weight is 257 g/mol. The Labute approximate surface area is 91.7 Å². The van der Waals surface area contributed by atoms with Gasteiger partial charge in [0.05, 0.1) is 6.61 Å². The Morgan fingerprint density at radius 1 is 1.50 bits per heavy atom. The smallest absolute Gasteiger partial charge is 0.0613 e. The number of nitrogens with one attached hydrogen (secondary N) is 1. The van der Waals surface area contributed by atoms with Gasteiger partial charge in [-0.15, -0.1) is 0 Å². The number of halogens is 1. The molecule has 0 spiro atoms. The molecule has 4 heteroatoms. The Morgan fingerprint density at radius 3 is 2.86 bits per heavy atom. The molecule has 0 atom stereocenters. The fraction of sp³-hybridized carbons (Fsp3) is 0.500. The van der Waals surface area contributed by atoms with Crippen LogP contribution in [0.2, 0.25) is 0 Å². The lowest BCUT2D eigenvalue weighted by Crippen LogP contribution is -2.34. The maximum Gasteiger partial charge on any atom is 0.0613 e. The third-order valence-corrected chi connectivity index (χ3v) is 3.02. The van der Waals surface area contributed by atoms with E-state index in [0.29, 0.717) is 0 Å². The minimum absolute atomic E-state index is 0.00230. The first kappa shape index (κ1) is 10.1. The van der Waals surface area contributed by atoms with Crippen LogP contribution in [-0.2, 0) is 6.54 Å². The molecule has 2 N–H and O–H groups in total. The molecule has 0 aliphatic heterocycles. The van der Waals surface area contributed by atoms with Gasteiger partial charge in [-0.05, 0) is 40.4 Å². The maximum atomic E-state index is 9.10. The standard InChI is InChI=1S/C10H13BrN2O/c11-9-3-8(4-12-6-9)5-13-10(7-14)1-2-10/h3-4,6,13-14H,1-2,5,7H2. The van der Waals surface area contributed by atoms with Crippen LogP contribution in [0.25, 0.3) is 0 Å². The van der Waals surface area contributed by atoms with E-state index in [2.05, 4.69) is 26.2 Å². The van der Waals surface area contributed by atoms with Crippen molar-refractivity contribution in [3.63, 3.8) is 0 Å². The van der Waals surface area contributed by atoms with Crippen molar-refractivity contribution in [2.24, 2.45) is 0 Å². The van der Waals surface area contributed by atoms with Gasteiger partial charge in [-0.2, -0.15) is 0 Å². The molecule has 0 radical (unpaired) electrons. The molecule has 1 aromatic rings. The van der Waals surface area contributed by atoms with Crippen molar-refractivity contribution in [2.75, 3.05) is 6.61 Å². The molecule has 1 aliphatic carbocycles. The number of aromatic nitrogens is 1. The Balaban J connectivity index is 1.92. The van der Waals surface area contributed by atoms with Crippen molar-refractivity contribution in [3.05, 3.63) is 28.5 Å². The second-order valence-electron chi connectivity index (χ2n) is 3.80. The zero-order chi connectivity index (χ0) is 10.0. The Hall–Kier alpha value is -0.450. The van der Waals surface area contributed by atoms with Gasteiger partial charge >= 0.3 is 0 Å². The number of hydrogen-bond donors (Lipinski definition) is 2. The summed E-state index contributed by atoms with van der Waals surface area (Å²) in [6.45, 7) is 1.00. The van der Waals surface area contributed by atoms with E-state index < -0.39 is 0 Å². The molecule has 2 rings (SSSR count). The summed E-state index contributed by atoms with van der Waals surface area (Å²) in [4.78, 5) is 4.08. The molecule has 1 saturated carbocycles. The van der Waals surface area contributed by atoms with Crippen LogP contribution in [0, 0.1) is 0 Å². The predicted molar refractivity (Wildman–Crippen MR) is 57.8 cm³/mol. The molecule has 76 valence electrons. The van der Waals surface area contributed by atoms with Crippen LogP contribution >= 0.6 is 15.9 Å². The van der Waals surface area contributed by atoms with Crippen molar-refractivity contribution in [3.8, 4) is 0 Å². The van der Waals surface area contributed by atoms with Crippen LogP contribution in [0.4, 0.5) is 0 Å². The number of hydrogen-bond acceptors (Lipinski definition) is 3. The van der Waals surface area contributed by atoms with Crippen molar-refractivity contribution >= 4 is 15.9 Å². The van der Waals surface area contributed by atoms with Crippen LogP contribution in [0.5, 0.6) is 0 Å². The topological polar surface area (TPSA) is 45.1 Å². The summed E-state index contributed by atoms with van der Waals surface area (Å²) in [7, 11) is 0. The minimum Gasteiger partial charge on any atom is -0.394 e. The minimum atomic E-state index is 0.00230. The van der Waals surface area contributed by atoms with Crippen LogP contribution in [-0.4, -0.2) is 22.2 Å². The van der Waals surface area contributed by atoms with Gasteiger partial charge in [0.2, 0.25) is 0 Å². The molecule has 0 amide bonds. The van der Waals surface area contributed by atoms with E-state index in [4.69, 9.17) is 5.11 Å². The first-order chi connectivity index (χ1) is 6.74. The molecule has 0 aromatic carbocycles. The van der Waals surface area contributed by atoms with E-state index in [9.17, 15) is 0 Å². The third-order valence-electron chi connectivity index (χ3n) is 2.59. The summed E-state index contributed by atoms with van der Waals surface area (Å²) >= 11 is 3.38.